The summed E-state index contributed by atoms with van der Waals surface area (Å²) in [6, 6.07) is 14.9. The number of hydrogen-bond donors (Lipinski definition) is 2. The van der Waals surface area contributed by atoms with E-state index < -0.39 is 0 Å². The maximum absolute atomic E-state index is 12.7. The van der Waals surface area contributed by atoms with Crippen LogP contribution in [0.1, 0.15) is 30.1 Å². The number of carbonyl (C=O) groups is 1. The SMILES string of the molecule is CCOc1ccccc1Oc1ccccc1C(=O)NC1CCCNC1.Cl. The number of hydrogen-bond acceptors (Lipinski definition) is 4. The van der Waals surface area contributed by atoms with Gasteiger partial charge in [-0.15, -0.1) is 12.4 Å². The molecule has 0 aliphatic carbocycles. The summed E-state index contributed by atoms with van der Waals surface area (Å²) in [6.45, 7) is 4.30. The second-order valence-corrected chi connectivity index (χ2v) is 5.99. The van der Waals surface area contributed by atoms with E-state index >= 15 is 0 Å². The highest BCUT2D eigenvalue weighted by Crippen LogP contribution is 2.33. The maximum Gasteiger partial charge on any atom is 0.255 e. The lowest BCUT2D eigenvalue weighted by molar-refractivity contribution is 0.0928. The van der Waals surface area contributed by atoms with Crippen LogP contribution >= 0.6 is 12.4 Å². The lowest BCUT2D eigenvalue weighted by Crippen LogP contribution is -2.45. The molecule has 0 radical (unpaired) electrons. The second-order valence-electron chi connectivity index (χ2n) is 5.99. The molecule has 1 aliphatic heterocycles. The summed E-state index contributed by atoms with van der Waals surface area (Å²) in [6.07, 6.45) is 2.07. The lowest BCUT2D eigenvalue weighted by atomic mass is 10.1. The molecule has 1 fully saturated rings. The van der Waals surface area contributed by atoms with E-state index in [0.29, 0.717) is 29.4 Å². The van der Waals surface area contributed by atoms with Gasteiger partial charge >= 0.3 is 0 Å². The molecule has 1 unspecified atom stereocenters. The third kappa shape index (κ3) is 5.13. The van der Waals surface area contributed by atoms with Crippen LogP contribution in [0.25, 0.3) is 0 Å². The van der Waals surface area contributed by atoms with Gasteiger partial charge in [0.25, 0.3) is 5.91 Å². The molecule has 1 saturated heterocycles. The summed E-state index contributed by atoms with van der Waals surface area (Å²) in [5, 5.41) is 6.39. The molecule has 0 saturated carbocycles. The molecule has 3 rings (SSSR count). The van der Waals surface area contributed by atoms with Crippen molar-refractivity contribution in [3.8, 4) is 17.2 Å². The zero-order valence-corrected chi connectivity index (χ0v) is 15.7. The van der Waals surface area contributed by atoms with Gasteiger partial charge in [0.2, 0.25) is 0 Å². The first-order chi connectivity index (χ1) is 12.3. The Bertz CT molecular complexity index is 718. The molecule has 1 heterocycles. The molecule has 2 N–H and O–H groups in total. The number of ether oxygens (including phenoxy) is 2. The van der Waals surface area contributed by atoms with E-state index in [0.717, 1.165) is 25.9 Å². The average molecular weight is 377 g/mol. The second kappa shape index (κ2) is 10.0. The van der Waals surface area contributed by atoms with Crippen molar-refractivity contribution in [3.63, 3.8) is 0 Å². The van der Waals surface area contributed by atoms with Crippen LogP contribution < -0.4 is 20.1 Å². The summed E-state index contributed by atoms with van der Waals surface area (Å²) in [4.78, 5) is 12.7. The lowest BCUT2D eigenvalue weighted by Gasteiger charge is -2.24. The van der Waals surface area contributed by atoms with Gasteiger partial charge in [0.05, 0.1) is 12.2 Å². The number of piperidine rings is 1. The molecule has 26 heavy (non-hydrogen) atoms. The largest absolute Gasteiger partial charge is 0.490 e. The van der Waals surface area contributed by atoms with Crippen molar-refractivity contribution < 1.29 is 14.3 Å². The van der Waals surface area contributed by atoms with E-state index in [1.165, 1.54) is 0 Å². The van der Waals surface area contributed by atoms with Crippen molar-refractivity contribution in [2.24, 2.45) is 0 Å². The molecule has 0 aromatic heterocycles. The van der Waals surface area contributed by atoms with Gasteiger partial charge in [-0.2, -0.15) is 0 Å². The highest BCUT2D eigenvalue weighted by molar-refractivity contribution is 5.97. The van der Waals surface area contributed by atoms with Crippen LogP contribution in [0.4, 0.5) is 0 Å². The average Bonchev–Trinajstić information content (AvgIpc) is 2.65. The number of nitrogens with one attached hydrogen (secondary N) is 2. The Balaban J connectivity index is 0.00000243. The monoisotopic (exact) mass is 376 g/mol. The number of benzene rings is 2. The molecule has 0 spiro atoms. The molecule has 0 bridgehead atoms. The first kappa shape index (κ1) is 20.1. The first-order valence-electron chi connectivity index (χ1n) is 8.78. The van der Waals surface area contributed by atoms with Crippen molar-refractivity contribution in [1.82, 2.24) is 10.6 Å². The van der Waals surface area contributed by atoms with E-state index in [1.807, 2.05) is 43.3 Å². The summed E-state index contributed by atoms with van der Waals surface area (Å²) < 4.78 is 11.6. The predicted octanol–water partition coefficient (Wildman–Crippen LogP) is 3.78. The van der Waals surface area contributed by atoms with Crippen molar-refractivity contribution in [1.29, 1.82) is 0 Å². The number of rotatable bonds is 6. The van der Waals surface area contributed by atoms with Crippen LogP contribution in [-0.2, 0) is 0 Å². The Labute approximate surface area is 160 Å². The molecule has 5 nitrogen and oxygen atoms in total. The van der Waals surface area contributed by atoms with Crippen LogP contribution in [-0.4, -0.2) is 31.6 Å². The van der Waals surface area contributed by atoms with E-state index in [4.69, 9.17) is 9.47 Å². The Morgan fingerprint density at radius 1 is 1.12 bits per heavy atom. The zero-order valence-electron chi connectivity index (χ0n) is 14.9. The van der Waals surface area contributed by atoms with Gasteiger partial charge in [0, 0.05) is 12.6 Å². The fraction of sp³-hybridized carbons (Fsp3) is 0.350. The molecular weight excluding hydrogens is 352 g/mol. The quantitative estimate of drug-likeness (QED) is 0.805. The van der Waals surface area contributed by atoms with E-state index in [2.05, 4.69) is 10.6 Å². The first-order valence-corrected chi connectivity index (χ1v) is 8.78. The Hall–Kier alpha value is -2.24. The standard InChI is InChI=1S/C20H24N2O3.ClH/c1-2-24-18-11-5-6-12-19(18)25-17-10-4-3-9-16(17)20(23)22-15-8-7-13-21-14-15;/h3-6,9-12,15,21H,2,7-8,13-14H2,1H3,(H,22,23);1H. The van der Waals surface area contributed by atoms with Gasteiger partial charge < -0.3 is 20.1 Å². The highest BCUT2D eigenvalue weighted by Gasteiger charge is 2.19. The molecular formula is C20H25ClN2O3. The van der Waals surface area contributed by atoms with Gasteiger partial charge in [-0.05, 0) is 50.6 Å². The minimum Gasteiger partial charge on any atom is -0.490 e. The van der Waals surface area contributed by atoms with Crippen LogP contribution in [0.2, 0.25) is 0 Å². The topological polar surface area (TPSA) is 59.6 Å². The Morgan fingerprint density at radius 2 is 1.81 bits per heavy atom. The van der Waals surface area contributed by atoms with Gasteiger partial charge in [-0.3, -0.25) is 4.79 Å². The van der Waals surface area contributed by atoms with Crippen LogP contribution in [0.15, 0.2) is 48.5 Å². The minimum absolute atomic E-state index is 0. The van der Waals surface area contributed by atoms with Crippen molar-refractivity contribution in [3.05, 3.63) is 54.1 Å². The van der Waals surface area contributed by atoms with Crippen molar-refractivity contribution >= 4 is 18.3 Å². The summed E-state index contributed by atoms with van der Waals surface area (Å²) in [7, 11) is 0. The Kier molecular flexibility index (Phi) is 7.75. The Morgan fingerprint density at radius 3 is 2.50 bits per heavy atom. The predicted molar refractivity (Wildman–Crippen MR) is 105 cm³/mol. The normalized spacial score (nSPS) is 16.3. The fourth-order valence-electron chi connectivity index (χ4n) is 2.91. The maximum atomic E-state index is 12.7. The van der Waals surface area contributed by atoms with Crippen LogP contribution in [0, 0.1) is 0 Å². The number of para-hydroxylation sites is 3. The molecule has 1 atom stereocenters. The zero-order chi connectivity index (χ0) is 17.5. The summed E-state index contributed by atoms with van der Waals surface area (Å²) >= 11 is 0. The van der Waals surface area contributed by atoms with Gasteiger partial charge in [0.1, 0.15) is 5.75 Å². The molecule has 6 heteroatoms. The van der Waals surface area contributed by atoms with Crippen molar-refractivity contribution in [2.75, 3.05) is 19.7 Å². The van der Waals surface area contributed by atoms with Gasteiger partial charge in [-0.25, -0.2) is 0 Å². The van der Waals surface area contributed by atoms with E-state index in [9.17, 15) is 4.79 Å². The molecule has 1 aliphatic rings. The number of halogens is 1. The fourth-order valence-corrected chi connectivity index (χ4v) is 2.91. The van der Waals surface area contributed by atoms with E-state index in [1.54, 1.807) is 12.1 Å². The molecule has 1 amide bonds. The third-order valence-electron chi connectivity index (χ3n) is 4.13. The summed E-state index contributed by atoms with van der Waals surface area (Å²) in [5.41, 5.74) is 0.527. The summed E-state index contributed by atoms with van der Waals surface area (Å²) in [5.74, 6) is 1.68. The molecule has 140 valence electrons. The van der Waals surface area contributed by atoms with Gasteiger partial charge in [0.15, 0.2) is 11.5 Å². The van der Waals surface area contributed by atoms with E-state index in [-0.39, 0.29) is 24.4 Å². The van der Waals surface area contributed by atoms with Crippen molar-refractivity contribution in [2.45, 2.75) is 25.8 Å². The van der Waals surface area contributed by atoms with Crippen LogP contribution in [0.5, 0.6) is 17.2 Å². The number of amides is 1. The highest BCUT2D eigenvalue weighted by atomic mass is 35.5. The molecule has 2 aromatic carbocycles. The molecule has 2 aromatic rings. The number of carbonyl (C=O) groups excluding carboxylic acids is 1. The smallest absolute Gasteiger partial charge is 0.255 e. The van der Waals surface area contributed by atoms with Gasteiger partial charge in [-0.1, -0.05) is 24.3 Å². The minimum atomic E-state index is -0.113. The van der Waals surface area contributed by atoms with Crippen LogP contribution in [0.3, 0.4) is 0 Å². The third-order valence-corrected chi connectivity index (χ3v) is 4.13.